The second-order valence-electron chi connectivity index (χ2n) is 6.05. The molecular weight excluding hydrogens is 238 g/mol. The fraction of sp³-hybridized carbons (Fsp3) is 0.625. The van der Waals surface area contributed by atoms with Crippen molar-refractivity contribution in [3.63, 3.8) is 0 Å². The van der Waals surface area contributed by atoms with E-state index < -0.39 is 0 Å². The van der Waals surface area contributed by atoms with Crippen molar-refractivity contribution in [2.75, 3.05) is 20.3 Å². The predicted octanol–water partition coefficient (Wildman–Crippen LogP) is 2.73. The molecule has 19 heavy (non-hydrogen) atoms. The van der Waals surface area contributed by atoms with Gasteiger partial charge in [0.05, 0.1) is 7.11 Å². The lowest BCUT2D eigenvalue weighted by atomic mass is 9.94. The maximum absolute atomic E-state index is 9.26. The van der Waals surface area contributed by atoms with Crippen molar-refractivity contribution in [2.24, 2.45) is 5.41 Å². The summed E-state index contributed by atoms with van der Waals surface area (Å²) in [5.74, 6) is 0.953. The number of benzene rings is 1. The van der Waals surface area contributed by atoms with Gasteiger partial charge >= 0.3 is 0 Å². The minimum absolute atomic E-state index is 0.0800. The molecule has 0 aromatic heterocycles. The van der Waals surface area contributed by atoms with Crippen LogP contribution < -0.4 is 10.1 Å². The molecule has 1 rings (SSSR count). The van der Waals surface area contributed by atoms with Crippen LogP contribution in [0.25, 0.3) is 0 Å². The molecule has 0 saturated heterocycles. The zero-order valence-corrected chi connectivity index (χ0v) is 13.1. The van der Waals surface area contributed by atoms with E-state index >= 15 is 0 Å². The molecule has 3 heteroatoms. The Balaban J connectivity index is 2.82. The fourth-order valence-electron chi connectivity index (χ4n) is 2.16. The van der Waals surface area contributed by atoms with Crippen molar-refractivity contribution in [1.82, 2.24) is 5.32 Å². The van der Waals surface area contributed by atoms with Gasteiger partial charge in [-0.15, -0.1) is 0 Å². The smallest absolute Gasteiger partial charge is 0.122 e. The van der Waals surface area contributed by atoms with Gasteiger partial charge in [0.1, 0.15) is 5.75 Å². The number of methoxy groups -OCH3 is 1. The summed E-state index contributed by atoms with van der Waals surface area (Å²) in [5.41, 5.74) is 4.97. The second-order valence-corrected chi connectivity index (χ2v) is 6.05. The van der Waals surface area contributed by atoms with Gasteiger partial charge in [-0.2, -0.15) is 0 Å². The van der Waals surface area contributed by atoms with E-state index in [0.29, 0.717) is 0 Å². The van der Waals surface area contributed by atoms with E-state index in [1.807, 2.05) is 0 Å². The molecule has 3 nitrogen and oxygen atoms in total. The molecule has 0 unspecified atom stereocenters. The molecule has 0 atom stereocenters. The Hall–Kier alpha value is -1.06. The van der Waals surface area contributed by atoms with Crippen molar-refractivity contribution >= 4 is 0 Å². The minimum atomic E-state index is -0.0800. The molecule has 0 heterocycles. The van der Waals surface area contributed by atoms with Gasteiger partial charge in [0.2, 0.25) is 0 Å². The van der Waals surface area contributed by atoms with Gasteiger partial charge < -0.3 is 15.2 Å². The third-order valence-electron chi connectivity index (χ3n) is 3.76. The van der Waals surface area contributed by atoms with Crippen LogP contribution in [0.4, 0.5) is 0 Å². The van der Waals surface area contributed by atoms with Crippen LogP contribution in [-0.4, -0.2) is 25.4 Å². The standard InChI is InChI=1S/C16H27NO2/c1-11-7-15(19-6)13(3)12(2)14(11)8-17-9-16(4,5)10-18/h7,17-18H,8-10H2,1-6H3. The summed E-state index contributed by atoms with van der Waals surface area (Å²) in [4.78, 5) is 0. The molecule has 0 bridgehead atoms. The van der Waals surface area contributed by atoms with E-state index in [9.17, 15) is 5.11 Å². The van der Waals surface area contributed by atoms with Crippen molar-refractivity contribution in [2.45, 2.75) is 41.2 Å². The molecule has 0 fully saturated rings. The quantitative estimate of drug-likeness (QED) is 0.831. The zero-order chi connectivity index (χ0) is 14.6. The van der Waals surface area contributed by atoms with Gasteiger partial charge in [0.25, 0.3) is 0 Å². The monoisotopic (exact) mass is 265 g/mol. The summed E-state index contributed by atoms with van der Waals surface area (Å²) in [6.07, 6.45) is 0. The number of hydrogen-bond donors (Lipinski definition) is 2. The maximum atomic E-state index is 9.26. The lowest BCUT2D eigenvalue weighted by molar-refractivity contribution is 0.156. The highest BCUT2D eigenvalue weighted by molar-refractivity contribution is 5.48. The Morgan fingerprint density at radius 2 is 1.84 bits per heavy atom. The number of aliphatic hydroxyl groups excluding tert-OH is 1. The van der Waals surface area contributed by atoms with E-state index in [0.717, 1.165) is 18.8 Å². The molecule has 0 aliphatic heterocycles. The molecule has 0 amide bonds. The highest BCUT2D eigenvalue weighted by Gasteiger charge is 2.16. The van der Waals surface area contributed by atoms with Gasteiger partial charge in [-0.25, -0.2) is 0 Å². The Kier molecular flexibility index (Phi) is 5.39. The summed E-state index contributed by atoms with van der Waals surface area (Å²) in [6, 6.07) is 2.09. The van der Waals surface area contributed by atoms with E-state index in [1.165, 1.54) is 22.3 Å². The Labute approximate surface area is 117 Å². The third kappa shape index (κ3) is 3.95. The molecule has 0 radical (unpaired) electrons. The number of rotatable bonds is 6. The van der Waals surface area contributed by atoms with Crippen LogP contribution in [-0.2, 0) is 6.54 Å². The Bertz CT molecular complexity index is 439. The van der Waals surface area contributed by atoms with Crippen LogP contribution in [0.2, 0.25) is 0 Å². The minimum Gasteiger partial charge on any atom is -0.496 e. The summed E-state index contributed by atoms with van der Waals surface area (Å²) in [7, 11) is 1.71. The number of aliphatic hydroxyl groups is 1. The average molecular weight is 265 g/mol. The highest BCUT2D eigenvalue weighted by atomic mass is 16.5. The number of aryl methyl sites for hydroxylation is 1. The summed E-state index contributed by atoms with van der Waals surface area (Å²) in [6.45, 7) is 12.3. The summed E-state index contributed by atoms with van der Waals surface area (Å²) >= 11 is 0. The predicted molar refractivity (Wildman–Crippen MR) is 79.8 cm³/mol. The average Bonchev–Trinajstić information content (AvgIpc) is 2.37. The van der Waals surface area contributed by atoms with Crippen LogP contribution in [0.15, 0.2) is 6.07 Å². The van der Waals surface area contributed by atoms with E-state index in [-0.39, 0.29) is 12.0 Å². The van der Waals surface area contributed by atoms with Crippen LogP contribution in [0.3, 0.4) is 0 Å². The molecule has 108 valence electrons. The van der Waals surface area contributed by atoms with Crippen LogP contribution in [0, 0.1) is 26.2 Å². The molecule has 2 N–H and O–H groups in total. The molecule has 1 aromatic rings. The first kappa shape index (κ1) is 16.0. The molecular formula is C16H27NO2. The van der Waals surface area contributed by atoms with Gasteiger partial charge in [-0.1, -0.05) is 13.8 Å². The van der Waals surface area contributed by atoms with Gasteiger partial charge in [-0.3, -0.25) is 0 Å². The van der Waals surface area contributed by atoms with Crippen LogP contribution in [0.5, 0.6) is 5.75 Å². The van der Waals surface area contributed by atoms with Crippen molar-refractivity contribution in [1.29, 1.82) is 0 Å². The normalized spacial score (nSPS) is 11.7. The first-order valence-electron chi connectivity index (χ1n) is 6.77. The van der Waals surface area contributed by atoms with Crippen molar-refractivity contribution in [3.8, 4) is 5.75 Å². The van der Waals surface area contributed by atoms with E-state index in [1.54, 1.807) is 7.11 Å². The van der Waals surface area contributed by atoms with Gasteiger partial charge in [-0.05, 0) is 49.1 Å². The lowest BCUT2D eigenvalue weighted by Gasteiger charge is -2.23. The van der Waals surface area contributed by atoms with Crippen molar-refractivity contribution < 1.29 is 9.84 Å². The number of nitrogens with one attached hydrogen (secondary N) is 1. The maximum Gasteiger partial charge on any atom is 0.122 e. The number of ether oxygens (including phenoxy) is 1. The molecule has 0 spiro atoms. The zero-order valence-electron chi connectivity index (χ0n) is 13.1. The summed E-state index contributed by atoms with van der Waals surface area (Å²) < 4.78 is 5.38. The topological polar surface area (TPSA) is 41.5 Å². The molecule has 0 aliphatic carbocycles. The Morgan fingerprint density at radius 1 is 1.21 bits per heavy atom. The summed E-state index contributed by atoms with van der Waals surface area (Å²) in [5, 5.41) is 12.7. The Morgan fingerprint density at radius 3 is 2.37 bits per heavy atom. The fourth-order valence-corrected chi connectivity index (χ4v) is 2.16. The second kappa shape index (κ2) is 6.40. The first-order valence-corrected chi connectivity index (χ1v) is 6.77. The van der Waals surface area contributed by atoms with E-state index in [2.05, 4.69) is 46.0 Å². The van der Waals surface area contributed by atoms with Gasteiger partial charge in [0, 0.05) is 25.1 Å². The first-order chi connectivity index (χ1) is 8.82. The number of hydrogen-bond acceptors (Lipinski definition) is 3. The van der Waals surface area contributed by atoms with Crippen molar-refractivity contribution in [3.05, 3.63) is 28.3 Å². The van der Waals surface area contributed by atoms with Crippen LogP contribution in [0.1, 0.15) is 36.1 Å². The SMILES string of the molecule is COc1cc(C)c(CNCC(C)(C)CO)c(C)c1C. The van der Waals surface area contributed by atoms with Crippen LogP contribution >= 0.6 is 0 Å². The largest absolute Gasteiger partial charge is 0.496 e. The van der Waals surface area contributed by atoms with Gasteiger partial charge in [0.15, 0.2) is 0 Å². The third-order valence-corrected chi connectivity index (χ3v) is 3.76. The highest BCUT2D eigenvalue weighted by Crippen LogP contribution is 2.27. The van der Waals surface area contributed by atoms with E-state index in [4.69, 9.17) is 4.74 Å². The molecule has 1 aromatic carbocycles. The molecule has 0 aliphatic rings. The molecule has 0 saturated carbocycles. The lowest BCUT2D eigenvalue weighted by Crippen LogP contribution is -2.32.